The van der Waals surface area contributed by atoms with E-state index in [1.165, 1.54) is 0 Å². The van der Waals surface area contributed by atoms with Crippen LogP contribution in [0.3, 0.4) is 0 Å². The average molecular weight is 408 g/mol. The van der Waals surface area contributed by atoms with E-state index >= 15 is 0 Å². The zero-order valence-electron chi connectivity index (χ0n) is 16.7. The molecule has 154 valence electrons. The van der Waals surface area contributed by atoms with Gasteiger partial charge in [0.15, 0.2) is 11.4 Å². The lowest BCUT2D eigenvalue weighted by atomic mass is 9.82. The first-order valence-electron chi connectivity index (χ1n) is 9.20. The quantitative estimate of drug-likeness (QED) is 0.624. The summed E-state index contributed by atoms with van der Waals surface area (Å²) in [6, 6.07) is 13.4. The second kappa shape index (κ2) is 7.51. The molecule has 1 saturated heterocycles. The number of nitrogens with one attached hydrogen (secondary N) is 1. The molecule has 1 fully saturated rings. The summed E-state index contributed by atoms with van der Waals surface area (Å²) in [7, 11) is 3.12. The minimum Gasteiger partial charge on any atom is -0.497 e. The van der Waals surface area contributed by atoms with Crippen molar-refractivity contribution in [1.29, 1.82) is 0 Å². The average Bonchev–Trinajstić information content (AvgIpc) is 3.30. The summed E-state index contributed by atoms with van der Waals surface area (Å²) >= 11 is 0. The third kappa shape index (κ3) is 3.14. The largest absolute Gasteiger partial charge is 0.497 e. The van der Waals surface area contributed by atoms with Gasteiger partial charge in [-0.25, -0.2) is 4.79 Å². The molecule has 1 N–H and O–H groups in total. The number of carbonyl (C=O) groups excluding carboxylic acids is 2. The highest BCUT2D eigenvalue weighted by Gasteiger charge is 2.54. The van der Waals surface area contributed by atoms with Crippen LogP contribution in [0.2, 0.25) is 0 Å². The Labute approximate surface area is 172 Å². The Hall–Kier alpha value is -3.88. The number of carbonyl (C=O) groups is 2. The topological polar surface area (TPSA) is 107 Å². The summed E-state index contributed by atoms with van der Waals surface area (Å²) in [4.78, 5) is 31.7. The Balaban J connectivity index is 1.80. The Bertz CT molecular complexity index is 1030. The lowest BCUT2D eigenvalue weighted by molar-refractivity contribution is -0.130. The molecule has 0 bridgehead atoms. The number of rotatable bonds is 6. The van der Waals surface area contributed by atoms with Gasteiger partial charge in [0, 0.05) is 6.92 Å². The second-order valence-corrected chi connectivity index (χ2v) is 6.76. The van der Waals surface area contributed by atoms with Crippen LogP contribution in [0, 0.1) is 6.92 Å². The van der Waals surface area contributed by atoms with Crippen LogP contribution in [-0.4, -0.2) is 41.2 Å². The molecule has 1 aromatic heterocycles. The van der Waals surface area contributed by atoms with Gasteiger partial charge in [-0.3, -0.25) is 9.69 Å². The maximum absolute atomic E-state index is 13.7. The molecule has 0 atom stereocenters. The number of imide groups is 1. The van der Waals surface area contributed by atoms with Gasteiger partial charge in [-0.1, -0.05) is 29.4 Å². The molecule has 30 heavy (non-hydrogen) atoms. The number of ether oxygens (including phenoxy) is 2. The van der Waals surface area contributed by atoms with E-state index in [0.29, 0.717) is 28.5 Å². The second-order valence-electron chi connectivity index (χ2n) is 6.76. The molecule has 2 heterocycles. The van der Waals surface area contributed by atoms with Crippen LogP contribution in [0.5, 0.6) is 11.5 Å². The standard InChI is InChI=1S/C21H20N4O5/c1-13-22-18(24-30-13)12-25-19(26)21(23-20(25)27,14-4-8-16(28-2)9-5-14)15-6-10-17(29-3)11-7-15/h4-11H,12H2,1-3H3,(H,23,27). The Morgan fingerprint density at radius 1 is 0.967 bits per heavy atom. The smallest absolute Gasteiger partial charge is 0.325 e. The van der Waals surface area contributed by atoms with E-state index < -0.39 is 17.5 Å². The van der Waals surface area contributed by atoms with E-state index in [1.807, 2.05) is 0 Å². The highest BCUT2D eigenvalue weighted by atomic mass is 16.5. The lowest BCUT2D eigenvalue weighted by Crippen LogP contribution is -2.45. The van der Waals surface area contributed by atoms with Crippen molar-refractivity contribution in [2.45, 2.75) is 19.0 Å². The fourth-order valence-corrected chi connectivity index (χ4v) is 3.51. The van der Waals surface area contributed by atoms with Gasteiger partial charge >= 0.3 is 6.03 Å². The van der Waals surface area contributed by atoms with Gasteiger partial charge in [0.1, 0.15) is 11.5 Å². The van der Waals surface area contributed by atoms with Gasteiger partial charge in [-0.15, -0.1) is 0 Å². The van der Waals surface area contributed by atoms with E-state index in [9.17, 15) is 9.59 Å². The summed E-state index contributed by atoms with van der Waals surface area (Å²) in [5.41, 5.74) is -0.216. The predicted octanol–water partition coefficient (Wildman–Crippen LogP) is 2.39. The molecule has 0 unspecified atom stereocenters. The molecule has 9 nitrogen and oxygen atoms in total. The maximum Gasteiger partial charge on any atom is 0.325 e. The fourth-order valence-electron chi connectivity index (χ4n) is 3.51. The lowest BCUT2D eigenvalue weighted by Gasteiger charge is -2.28. The monoisotopic (exact) mass is 408 g/mol. The third-order valence-electron chi connectivity index (χ3n) is 5.02. The van der Waals surface area contributed by atoms with E-state index in [4.69, 9.17) is 14.0 Å². The molecular weight excluding hydrogens is 388 g/mol. The molecule has 0 radical (unpaired) electrons. The van der Waals surface area contributed by atoms with Gasteiger partial charge < -0.3 is 19.3 Å². The number of nitrogens with zero attached hydrogens (tertiary/aromatic N) is 3. The molecule has 0 aliphatic carbocycles. The summed E-state index contributed by atoms with van der Waals surface area (Å²) < 4.78 is 15.4. The number of aromatic nitrogens is 2. The normalized spacial score (nSPS) is 15.2. The van der Waals surface area contributed by atoms with Crippen molar-refractivity contribution in [2.24, 2.45) is 0 Å². The summed E-state index contributed by atoms with van der Waals surface area (Å²) in [6.07, 6.45) is 0. The Morgan fingerprint density at radius 3 is 1.93 bits per heavy atom. The minimum atomic E-state index is -1.41. The van der Waals surface area contributed by atoms with E-state index in [0.717, 1.165) is 4.90 Å². The van der Waals surface area contributed by atoms with Gasteiger partial charge in [0.2, 0.25) is 5.89 Å². The molecule has 3 amide bonds. The van der Waals surface area contributed by atoms with Gasteiger partial charge in [-0.2, -0.15) is 4.98 Å². The highest BCUT2D eigenvalue weighted by molar-refractivity contribution is 6.09. The molecular formula is C21H20N4O5. The minimum absolute atomic E-state index is 0.101. The number of methoxy groups -OCH3 is 2. The molecule has 0 spiro atoms. The zero-order valence-corrected chi connectivity index (χ0v) is 16.7. The molecule has 1 aliphatic heterocycles. The van der Waals surface area contributed by atoms with Crippen molar-refractivity contribution in [3.05, 3.63) is 71.4 Å². The van der Waals surface area contributed by atoms with Crippen molar-refractivity contribution < 1.29 is 23.6 Å². The summed E-state index contributed by atoms with van der Waals surface area (Å²) in [5, 5.41) is 6.67. The van der Waals surface area contributed by atoms with E-state index in [1.54, 1.807) is 69.7 Å². The molecule has 9 heteroatoms. The van der Waals surface area contributed by atoms with Gasteiger partial charge in [-0.05, 0) is 35.4 Å². The number of aryl methyl sites for hydroxylation is 1. The number of amides is 3. The van der Waals surface area contributed by atoms with Crippen LogP contribution < -0.4 is 14.8 Å². The molecule has 4 rings (SSSR count). The number of hydrogen-bond acceptors (Lipinski definition) is 7. The third-order valence-corrected chi connectivity index (χ3v) is 5.02. The molecule has 0 saturated carbocycles. The first kappa shape index (κ1) is 19.4. The first-order chi connectivity index (χ1) is 14.5. The fraction of sp³-hybridized carbons (Fsp3) is 0.238. The zero-order chi connectivity index (χ0) is 21.3. The van der Waals surface area contributed by atoms with Crippen LogP contribution in [0.15, 0.2) is 53.1 Å². The van der Waals surface area contributed by atoms with Crippen molar-refractivity contribution in [3.8, 4) is 11.5 Å². The van der Waals surface area contributed by atoms with Crippen molar-refractivity contribution in [3.63, 3.8) is 0 Å². The number of hydrogen-bond donors (Lipinski definition) is 1. The highest BCUT2D eigenvalue weighted by Crippen LogP contribution is 2.37. The van der Waals surface area contributed by atoms with Crippen molar-refractivity contribution in [2.75, 3.05) is 14.2 Å². The summed E-state index contributed by atoms with van der Waals surface area (Å²) in [5.74, 6) is 1.44. The van der Waals surface area contributed by atoms with Crippen LogP contribution >= 0.6 is 0 Å². The first-order valence-corrected chi connectivity index (χ1v) is 9.20. The van der Waals surface area contributed by atoms with Crippen LogP contribution in [0.4, 0.5) is 4.79 Å². The van der Waals surface area contributed by atoms with Crippen molar-refractivity contribution in [1.82, 2.24) is 20.4 Å². The van der Waals surface area contributed by atoms with Crippen LogP contribution in [0.25, 0.3) is 0 Å². The SMILES string of the molecule is COc1ccc(C2(c3ccc(OC)cc3)NC(=O)N(Cc3noc(C)n3)C2=O)cc1. The Kier molecular flexibility index (Phi) is 4.86. The molecule has 3 aromatic rings. The predicted molar refractivity (Wildman–Crippen MR) is 105 cm³/mol. The summed E-state index contributed by atoms with van der Waals surface area (Å²) in [6.45, 7) is 1.54. The Morgan fingerprint density at radius 2 is 1.50 bits per heavy atom. The van der Waals surface area contributed by atoms with Crippen LogP contribution in [-0.2, 0) is 16.9 Å². The van der Waals surface area contributed by atoms with Gasteiger partial charge in [0.05, 0.1) is 20.8 Å². The number of benzene rings is 2. The molecule has 1 aliphatic rings. The van der Waals surface area contributed by atoms with Crippen LogP contribution in [0.1, 0.15) is 22.8 Å². The van der Waals surface area contributed by atoms with E-state index in [2.05, 4.69) is 15.5 Å². The number of urea groups is 1. The van der Waals surface area contributed by atoms with Gasteiger partial charge in [0.25, 0.3) is 5.91 Å². The molecule has 2 aromatic carbocycles. The van der Waals surface area contributed by atoms with Crippen molar-refractivity contribution >= 4 is 11.9 Å². The van der Waals surface area contributed by atoms with E-state index in [-0.39, 0.29) is 12.4 Å². The maximum atomic E-state index is 13.7.